The maximum atomic E-state index is 13.1. The summed E-state index contributed by atoms with van der Waals surface area (Å²) in [5.41, 5.74) is 1.09. The Morgan fingerprint density at radius 3 is 2.39 bits per heavy atom. The summed E-state index contributed by atoms with van der Waals surface area (Å²) in [6, 6.07) is 18.1. The minimum atomic E-state index is -3.86. The quantitative estimate of drug-likeness (QED) is 0.324. The standard InChI is InChI=1S/C23H18Cl2N2O4S2/c1-27(33(29,30)18-8-9-20(31-2)19(25)13-18)17-7-10-21-14(11-17)12-22(32-21)23(28)26-16-5-3-15(24)4-6-16/h3-13H,1-2H3,(H,26,28). The molecule has 10 heteroatoms. The number of hydrogen-bond acceptors (Lipinski definition) is 5. The fourth-order valence-corrected chi connectivity index (χ4v) is 5.77. The molecular weight excluding hydrogens is 503 g/mol. The smallest absolute Gasteiger partial charge is 0.265 e. The Balaban J connectivity index is 1.60. The van der Waals surface area contributed by atoms with Crippen LogP contribution in [-0.4, -0.2) is 28.5 Å². The first-order chi connectivity index (χ1) is 15.7. The molecule has 3 aromatic carbocycles. The number of fused-ring (bicyclic) bond motifs is 1. The van der Waals surface area contributed by atoms with Crippen molar-refractivity contribution in [3.05, 3.63) is 81.7 Å². The predicted octanol–water partition coefficient (Wildman–Crippen LogP) is 6.29. The van der Waals surface area contributed by atoms with Gasteiger partial charge in [0.05, 0.1) is 27.6 Å². The third-order valence-electron chi connectivity index (χ3n) is 4.97. The minimum absolute atomic E-state index is 0.0456. The molecule has 1 amide bonds. The molecule has 0 saturated carbocycles. The maximum absolute atomic E-state index is 13.1. The first-order valence-corrected chi connectivity index (χ1v) is 12.6. The topological polar surface area (TPSA) is 75.7 Å². The number of ether oxygens (including phenoxy) is 1. The molecule has 1 N–H and O–H groups in total. The fraction of sp³-hybridized carbons (Fsp3) is 0.0870. The lowest BCUT2D eigenvalue weighted by Gasteiger charge is -2.20. The first kappa shape index (κ1) is 23.4. The second-order valence-corrected chi connectivity index (χ2v) is 11.0. The highest BCUT2D eigenvalue weighted by atomic mass is 35.5. The van der Waals surface area contributed by atoms with Gasteiger partial charge in [-0.3, -0.25) is 9.10 Å². The van der Waals surface area contributed by atoms with E-state index in [4.69, 9.17) is 27.9 Å². The molecule has 0 fully saturated rings. The molecule has 4 aromatic rings. The van der Waals surface area contributed by atoms with Gasteiger partial charge in [0, 0.05) is 22.5 Å². The molecule has 0 radical (unpaired) electrons. The third-order valence-corrected chi connectivity index (χ3v) is 8.41. The molecule has 6 nitrogen and oxygen atoms in total. The van der Waals surface area contributed by atoms with Crippen molar-refractivity contribution >= 4 is 71.9 Å². The maximum Gasteiger partial charge on any atom is 0.265 e. The number of carbonyl (C=O) groups is 1. The van der Waals surface area contributed by atoms with Crippen molar-refractivity contribution < 1.29 is 17.9 Å². The zero-order valence-electron chi connectivity index (χ0n) is 17.5. The normalized spacial score (nSPS) is 11.4. The Bertz CT molecular complexity index is 1450. The van der Waals surface area contributed by atoms with Crippen molar-refractivity contribution in [3.8, 4) is 5.75 Å². The Labute approximate surface area is 205 Å². The van der Waals surface area contributed by atoms with Gasteiger partial charge in [0.15, 0.2) is 0 Å². The van der Waals surface area contributed by atoms with E-state index in [0.29, 0.717) is 27.0 Å². The Morgan fingerprint density at radius 1 is 1.00 bits per heavy atom. The van der Waals surface area contributed by atoms with E-state index in [1.807, 2.05) is 0 Å². The van der Waals surface area contributed by atoms with Gasteiger partial charge >= 0.3 is 0 Å². The van der Waals surface area contributed by atoms with E-state index in [2.05, 4.69) is 5.32 Å². The van der Waals surface area contributed by atoms with Crippen LogP contribution in [0.5, 0.6) is 5.75 Å². The minimum Gasteiger partial charge on any atom is -0.495 e. The summed E-state index contributed by atoms with van der Waals surface area (Å²) < 4.78 is 33.4. The SMILES string of the molecule is COc1ccc(S(=O)(=O)N(C)c2ccc3sc(C(=O)Nc4ccc(Cl)cc4)cc3c2)cc1Cl. The lowest BCUT2D eigenvalue weighted by Crippen LogP contribution is -2.26. The fourth-order valence-electron chi connectivity index (χ4n) is 3.17. The van der Waals surface area contributed by atoms with Gasteiger partial charge in [0.2, 0.25) is 0 Å². The molecule has 0 aliphatic rings. The van der Waals surface area contributed by atoms with Crippen LogP contribution in [0.3, 0.4) is 0 Å². The van der Waals surface area contributed by atoms with Crippen LogP contribution < -0.4 is 14.4 Å². The molecule has 170 valence electrons. The number of benzene rings is 3. The second kappa shape index (κ2) is 9.23. The average Bonchev–Trinajstić information content (AvgIpc) is 3.23. The molecule has 0 spiro atoms. The lowest BCUT2D eigenvalue weighted by molar-refractivity contribution is 0.103. The summed E-state index contributed by atoms with van der Waals surface area (Å²) in [5.74, 6) is 0.135. The number of amides is 1. The highest BCUT2D eigenvalue weighted by Crippen LogP contribution is 2.33. The molecule has 1 heterocycles. The molecule has 0 bridgehead atoms. The molecule has 4 rings (SSSR count). The van der Waals surface area contributed by atoms with Gasteiger partial charge in [-0.05, 0) is 72.1 Å². The van der Waals surface area contributed by atoms with Gasteiger partial charge in [-0.15, -0.1) is 11.3 Å². The summed E-state index contributed by atoms with van der Waals surface area (Å²) in [6.07, 6.45) is 0. The molecular formula is C23H18Cl2N2O4S2. The van der Waals surface area contributed by atoms with E-state index in [-0.39, 0.29) is 15.8 Å². The monoisotopic (exact) mass is 520 g/mol. The van der Waals surface area contributed by atoms with Crippen LogP contribution in [0.2, 0.25) is 10.0 Å². The molecule has 1 aromatic heterocycles. The average molecular weight is 521 g/mol. The summed E-state index contributed by atoms with van der Waals surface area (Å²) in [6.45, 7) is 0. The number of nitrogens with zero attached hydrogens (tertiary/aromatic N) is 1. The molecule has 0 atom stereocenters. The zero-order valence-corrected chi connectivity index (χ0v) is 20.6. The summed E-state index contributed by atoms with van der Waals surface area (Å²) in [7, 11) is -0.928. The Morgan fingerprint density at radius 2 is 1.73 bits per heavy atom. The van der Waals surface area contributed by atoms with Crippen LogP contribution >= 0.6 is 34.5 Å². The van der Waals surface area contributed by atoms with Gasteiger partial charge in [0.25, 0.3) is 15.9 Å². The van der Waals surface area contributed by atoms with Crippen molar-refractivity contribution in [1.29, 1.82) is 0 Å². The number of carbonyl (C=O) groups excluding carboxylic acids is 1. The molecule has 0 aliphatic carbocycles. The first-order valence-electron chi connectivity index (χ1n) is 9.62. The number of hydrogen-bond donors (Lipinski definition) is 1. The number of rotatable bonds is 6. The van der Waals surface area contributed by atoms with Gasteiger partial charge in [-0.1, -0.05) is 23.2 Å². The van der Waals surface area contributed by atoms with Gasteiger partial charge in [-0.2, -0.15) is 0 Å². The summed E-state index contributed by atoms with van der Waals surface area (Å²) in [5, 5.41) is 4.37. The van der Waals surface area contributed by atoms with Crippen LogP contribution in [0.1, 0.15) is 9.67 Å². The summed E-state index contributed by atoms with van der Waals surface area (Å²) >= 11 is 13.3. The number of anilines is 2. The van der Waals surface area contributed by atoms with Crippen molar-refractivity contribution in [2.75, 3.05) is 23.8 Å². The zero-order chi connectivity index (χ0) is 23.8. The van der Waals surface area contributed by atoms with E-state index in [0.717, 1.165) is 10.1 Å². The van der Waals surface area contributed by atoms with Crippen molar-refractivity contribution in [3.63, 3.8) is 0 Å². The third kappa shape index (κ3) is 4.79. The van der Waals surface area contributed by atoms with Gasteiger partial charge in [-0.25, -0.2) is 8.42 Å². The van der Waals surface area contributed by atoms with E-state index in [1.165, 1.54) is 48.0 Å². The number of sulfonamides is 1. The van der Waals surface area contributed by atoms with Gasteiger partial charge < -0.3 is 10.1 Å². The van der Waals surface area contributed by atoms with Crippen LogP contribution in [0.4, 0.5) is 11.4 Å². The van der Waals surface area contributed by atoms with E-state index < -0.39 is 10.0 Å². The van der Waals surface area contributed by atoms with E-state index >= 15 is 0 Å². The predicted molar refractivity (Wildman–Crippen MR) is 135 cm³/mol. The highest BCUT2D eigenvalue weighted by Gasteiger charge is 2.23. The Hall–Kier alpha value is -2.78. The van der Waals surface area contributed by atoms with Crippen molar-refractivity contribution in [2.45, 2.75) is 4.90 Å². The van der Waals surface area contributed by atoms with Crippen molar-refractivity contribution in [1.82, 2.24) is 0 Å². The highest BCUT2D eigenvalue weighted by molar-refractivity contribution is 7.92. The molecule has 0 unspecified atom stereocenters. The van der Waals surface area contributed by atoms with E-state index in [9.17, 15) is 13.2 Å². The Kier molecular flexibility index (Phi) is 6.54. The second-order valence-electron chi connectivity index (χ2n) is 7.06. The van der Waals surface area contributed by atoms with Crippen LogP contribution in [0.25, 0.3) is 10.1 Å². The van der Waals surface area contributed by atoms with Crippen LogP contribution in [0.15, 0.2) is 71.6 Å². The van der Waals surface area contributed by atoms with Crippen LogP contribution in [0, 0.1) is 0 Å². The number of halogens is 2. The van der Waals surface area contributed by atoms with Crippen molar-refractivity contribution in [2.24, 2.45) is 0 Å². The molecule has 33 heavy (non-hydrogen) atoms. The number of thiophene rings is 1. The van der Waals surface area contributed by atoms with Crippen LogP contribution in [-0.2, 0) is 10.0 Å². The van der Waals surface area contributed by atoms with E-state index in [1.54, 1.807) is 48.5 Å². The molecule has 0 aliphatic heterocycles. The largest absolute Gasteiger partial charge is 0.495 e. The number of methoxy groups -OCH3 is 1. The lowest BCUT2D eigenvalue weighted by atomic mass is 10.2. The summed E-state index contributed by atoms with van der Waals surface area (Å²) in [4.78, 5) is 13.2. The van der Waals surface area contributed by atoms with Gasteiger partial charge in [0.1, 0.15) is 5.75 Å². The molecule has 0 saturated heterocycles. The number of nitrogens with one attached hydrogen (secondary N) is 1.